The predicted molar refractivity (Wildman–Crippen MR) is 81.5 cm³/mol. The lowest BCUT2D eigenvalue weighted by molar-refractivity contribution is 1.07. The molecule has 0 aliphatic heterocycles. The van der Waals surface area contributed by atoms with Gasteiger partial charge in [-0.05, 0) is 23.3 Å². The predicted octanol–water partition coefficient (Wildman–Crippen LogP) is 3.72. The molecule has 1 aromatic carbocycles. The van der Waals surface area contributed by atoms with Crippen molar-refractivity contribution in [3.05, 3.63) is 23.3 Å². The highest BCUT2D eigenvalue weighted by molar-refractivity contribution is 6.18. The first-order valence-electron chi connectivity index (χ1n) is 5.13. The van der Waals surface area contributed by atoms with Crippen molar-refractivity contribution in [2.45, 2.75) is 11.8 Å². The van der Waals surface area contributed by atoms with Gasteiger partial charge in [-0.2, -0.15) is 0 Å². The van der Waals surface area contributed by atoms with Gasteiger partial charge in [-0.1, -0.05) is 0 Å². The molecule has 17 heavy (non-hydrogen) atoms. The van der Waals surface area contributed by atoms with E-state index in [1.807, 2.05) is 28.2 Å². The van der Waals surface area contributed by atoms with Gasteiger partial charge >= 0.3 is 0 Å². The molecule has 0 aromatic heterocycles. The van der Waals surface area contributed by atoms with Crippen LogP contribution in [0.3, 0.4) is 0 Å². The second kappa shape index (κ2) is 7.20. The number of alkyl halides is 2. The normalized spacial score (nSPS) is 9.76. The minimum atomic E-state index is 0. The van der Waals surface area contributed by atoms with Crippen molar-refractivity contribution in [2.24, 2.45) is 0 Å². The Hall–Kier alpha value is -0.310. The number of hydrogen-bond acceptors (Lipinski definition) is 2. The molecule has 98 valence electrons. The number of halogens is 3. The van der Waals surface area contributed by atoms with Crippen molar-refractivity contribution in [3.63, 3.8) is 0 Å². The minimum absolute atomic E-state index is 0. The van der Waals surface area contributed by atoms with Crippen molar-refractivity contribution in [2.75, 3.05) is 38.0 Å². The average Bonchev–Trinajstić information content (AvgIpc) is 2.26. The largest absolute Gasteiger partial charge is 0.377 e. The molecule has 0 spiro atoms. The molecule has 0 atom stereocenters. The van der Waals surface area contributed by atoms with Crippen LogP contribution in [-0.4, -0.2) is 28.2 Å². The third-order valence-corrected chi connectivity index (χ3v) is 3.11. The SMILES string of the molecule is CN(C)c1cc(CCl)c(N(C)C)cc1CCl.Cl. The molecule has 0 bridgehead atoms. The van der Waals surface area contributed by atoms with Gasteiger partial charge in [-0.25, -0.2) is 0 Å². The van der Waals surface area contributed by atoms with E-state index in [9.17, 15) is 0 Å². The molecule has 0 saturated heterocycles. The Bertz CT molecular complexity index is 329. The Balaban J connectivity index is 0.00000256. The minimum Gasteiger partial charge on any atom is -0.377 e. The van der Waals surface area contributed by atoms with Crippen molar-refractivity contribution in [1.29, 1.82) is 0 Å². The van der Waals surface area contributed by atoms with Crippen LogP contribution in [0, 0.1) is 0 Å². The van der Waals surface area contributed by atoms with Crippen LogP contribution >= 0.6 is 35.6 Å². The van der Waals surface area contributed by atoms with E-state index in [0.717, 1.165) is 22.5 Å². The van der Waals surface area contributed by atoms with E-state index in [1.165, 1.54) is 0 Å². The molecule has 0 radical (unpaired) electrons. The summed E-state index contributed by atoms with van der Waals surface area (Å²) >= 11 is 11.9. The first kappa shape index (κ1) is 16.7. The van der Waals surface area contributed by atoms with E-state index < -0.39 is 0 Å². The van der Waals surface area contributed by atoms with Gasteiger partial charge in [0.25, 0.3) is 0 Å². The second-order valence-corrected chi connectivity index (χ2v) is 4.70. The number of hydrogen-bond donors (Lipinski definition) is 0. The van der Waals surface area contributed by atoms with Crippen LogP contribution < -0.4 is 9.80 Å². The quantitative estimate of drug-likeness (QED) is 0.782. The third kappa shape index (κ3) is 3.84. The van der Waals surface area contributed by atoms with Crippen LogP contribution in [0.4, 0.5) is 11.4 Å². The van der Waals surface area contributed by atoms with E-state index in [0.29, 0.717) is 11.8 Å². The van der Waals surface area contributed by atoms with Crippen LogP contribution in [0.1, 0.15) is 11.1 Å². The molecular formula is C12H19Cl3N2. The zero-order valence-corrected chi connectivity index (χ0v) is 13.0. The highest BCUT2D eigenvalue weighted by Crippen LogP contribution is 2.30. The summed E-state index contributed by atoms with van der Waals surface area (Å²) in [7, 11) is 8.05. The molecule has 0 amide bonds. The van der Waals surface area contributed by atoms with Crippen LogP contribution in [0.25, 0.3) is 0 Å². The summed E-state index contributed by atoms with van der Waals surface area (Å²) < 4.78 is 0. The van der Waals surface area contributed by atoms with Crippen LogP contribution in [-0.2, 0) is 11.8 Å². The fourth-order valence-electron chi connectivity index (χ4n) is 1.71. The summed E-state index contributed by atoms with van der Waals surface area (Å²) in [4.78, 5) is 4.13. The zero-order chi connectivity index (χ0) is 12.3. The van der Waals surface area contributed by atoms with E-state index in [4.69, 9.17) is 23.2 Å². The van der Waals surface area contributed by atoms with Crippen molar-refractivity contribution < 1.29 is 0 Å². The molecule has 0 heterocycles. The van der Waals surface area contributed by atoms with E-state index in [2.05, 4.69) is 21.9 Å². The van der Waals surface area contributed by atoms with Crippen molar-refractivity contribution in [3.8, 4) is 0 Å². The first-order chi connectivity index (χ1) is 7.51. The van der Waals surface area contributed by atoms with Gasteiger partial charge in [0.2, 0.25) is 0 Å². The Kier molecular flexibility index (Phi) is 7.07. The van der Waals surface area contributed by atoms with Crippen LogP contribution in [0.2, 0.25) is 0 Å². The number of rotatable bonds is 4. The Morgan fingerprint density at radius 2 is 1.12 bits per heavy atom. The highest BCUT2D eigenvalue weighted by Gasteiger charge is 2.11. The second-order valence-electron chi connectivity index (χ2n) is 4.17. The summed E-state index contributed by atoms with van der Waals surface area (Å²) in [6, 6.07) is 4.22. The highest BCUT2D eigenvalue weighted by atomic mass is 35.5. The zero-order valence-electron chi connectivity index (χ0n) is 10.6. The number of anilines is 2. The van der Waals surface area contributed by atoms with Gasteiger partial charge < -0.3 is 9.80 Å². The first-order valence-corrected chi connectivity index (χ1v) is 6.20. The fourth-order valence-corrected chi connectivity index (χ4v) is 2.14. The molecule has 0 aliphatic rings. The standard InChI is InChI=1S/C12H18Cl2N2.ClH/c1-15(2)11-5-10(8-14)12(16(3)4)6-9(11)7-13;/h5-6H,7-8H2,1-4H3;1H. The Labute approximate surface area is 120 Å². The maximum Gasteiger partial charge on any atom is 0.0495 e. The lowest BCUT2D eigenvalue weighted by atomic mass is 10.1. The molecule has 0 N–H and O–H groups in total. The van der Waals surface area contributed by atoms with E-state index in [-0.39, 0.29) is 12.4 Å². The monoisotopic (exact) mass is 296 g/mol. The van der Waals surface area contributed by atoms with Crippen LogP contribution in [0.5, 0.6) is 0 Å². The summed E-state index contributed by atoms with van der Waals surface area (Å²) in [5, 5.41) is 0. The van der Waals surface area contributed by atoms with Gasteiger partial charge in [0, 0.05) is 51.3 Å². The Morgan fingerprint density at radius 1 is 0.824 bits per heavy atom. The van der Waals surface area contributed by atoms with Gasteiger partial charge in [0.1, 0.15) is 0 Å². The van der Waals surface area contributed by atoms with Crippen LogP contribution in [0.15, 0.2) is 12.1 Å². The number of nitrogens with zero attached hydrogens (tertiary/aromatic N) is 2. The lowest BCUT2D eigenvalue weighted by Crippen LogP contribution is -2.15. The smallest absolute Gasteiger partial charge is 0.0495 e. The maximum absolute atomic E-state index is 5.97. The summed E-state index contributed by atoms with van der Waals surface area (Å²) in [5.74, 6) is 1.02. The van der Waals surface area contributed by atoms with Crippen molar-refractivity contribution in [1.82, 2.24) is 0 Å². The number of benzene rings is 1. The molecule has 5 heteroatoms. The van der Waals surface area contributed by atoms with Gasteiger partial charge in [0.15, 0.2) is 0 Å². The van der Waals surface area contributed by atoms with Gasteiger partial charge in [-0.15, -0.1) is 35.6 Å². The molecule has 0 saturated carbocycles. The molecule has 0 unspecified atom stereocenters. The van der Waals surface area contributed by atoms with E-state index >= 15 is 0 Å². The summed E-state index contributed by atoms with van der Waals surface area (Å²) in [6.45, 7) is 0. The molecular weight excluding hydrogens is 279 g/mol. The molecule has 0 aliphatic carbocycles. The van der Waals surface area contributed by atoms with E-state index in [1.54, 1.807) is 0 Å². The Morgan fingerprint density at radius 3 is 1.29 bits per heavy atom. The van der Waals surface area contributed by atoms with Gasteiger partial charge in [-0.3, -0.25) is 0 Å². The van der Waals surface area contributed by atoms with Crippen molar-refractivity contribution >= 4 is 47.0 Å². The molecule has 1 rings (SSSR count). The third-order valence-electron chi connectivity index (χ3n) is 2.53. The average molecular weight is 298 g/mol. The molecule has 0 fully saturated rings. The molecule has 1 aromatic rings. The van der Waals surface area contributed by atoms with Gasteiger partial charge in [0.05, 0.1) is 0 Å². The fraction of sp³-hybridized carbons (Fsp3) is 0.500. The summed E-state index contributed by atoms with van der Waals surface area (Å²) in [6.07, 6.45) is 0. The maximum atomic E-state index is 5.97. The topological polar surface area (TPSA) is 6.48 Å². The molecule has 2 nitrogen and oxygen atoms in total. The lowest BCUT2D eigenvalue weighted by Gasteiger charge is -2.23. The summed E-state index contributed by atoms with van der Waals surface area (Å²) in [5.41, 5.74) is 4.53.